The standard InChI is InChI=1S/C10H11ClN4OS2/c11-10-13-6-5-7(18-12)17-8(6)9(14-10)15-1-3-16-4-2-15/h5H,1-4,12H2. The van der Waals surface area contributed by atoms with Gasteiger partial charge in [0.25, 0.3) is 0 Å². The summed E-state index contributed by atoms with van der Waals surface area (Å²) in [5.74, 6) is 0.888. The van der Waals surface area contributed by atoms with Crippen LogP contribution >= 0.6 is 34.9 Å². The molecule has 2 aromatic heterocycles. The Morgan fingerprint density at radius 2 is 2.17 bits per heavy atom. The molecule has 18 heavy (non-hydrogen) atoms. The van der Waals surface area contributed by atoms with Gasteiger partial charge in [-0.2, -0.15) is 4.98 Å². The van der Waals surface area contributed by atoms with Gasteiger partial charge in [-0.1, -0.05) is 0 Å². The van der Waals surface area contributed by atoms with Gasteiger partial charge in [-0.3, -0.25) is 5.14 Å². The normalized spacial score (nSPS) is 16.4. The van der Waals surface area contributed by atoms with Crippen molar-refractivity contribution in [1.82, 2.24) is 9.97 Å². The van der Waals surface area contributed by atoms with Crippen molar-refractivity contribution in [3.8, 4) is 0 Å². The SMILES string of the molecule is NSc1cc2nc(Cl)nc(N3CCOCC3)c2s1. The number of nitrogens with zero attached hydrogens (tertiary/aromatic N) is 3. The summed E-state index contributed by atoms with van der Waals surface area (Å²) >= 11 is 8.80. The van der Waals surface area contributed by atoms with Crippen LogP contribution in [-0.2, 0) is 4.74 Å². The van der Waals surface area contributed by atoms with Crippen molar-refractivity contribution < 1.29 is 4.74 Å². The zero-order valence-electron chi connectivity index (χ0n) is 9.43. The van der Waals surface area contributed by atoms with Gasteiger partial charge in [0.15, 0.2) is 5.82 Å². The lowest BCUT2D eigenvalue weighted by Crippen LogP contribution is -2.36. The molecule has 0 radical (unpaired) electrons. The lowest BCUT2D eigenvalue weighted by molar-refractivity contribution is 0.122. The molecule has 2 N–H and O–H groups in total. The Labute approximate surface area is 117 Å². The maximum absolute atomic E-state index is 5.98. The summed E-state index contributed by atoms with van der Waals surface area (Å²) in [5.41, 5.74) is 0.856. The van der Waals surface area contributed by atoms with Crippen molar-refractivity contribution in [3.63, 3.8) is 0 Å². The zero-order valence-corrected chi connectivity index (χ0v) is 11.8. The number of fused-ring (bicyclic) bond motifs is 1. The number of aromatic nitrogens is 2. The highest BCUT2D eigenvalue weighted by atomic mass is 35.5. The van der Waals surface area contributed by atoms with Gasteiger partial charge in [0.1, 0.15) is 0 Å². The Bertz CT molecular complexity index is 570. The van der Waals surface area contributed by atoms with Crippen LogP contribution < -0.4 is 10.0 Å². The van der Waals surface area contributed by atoms with Crippen LogP contribution in [0, 0.1) is 0 Å². The van der Waals surface area contributed by atoms with Crippen molar-refractivity contribution in [2.24, 2.45) is 5.14 Å². The second-order valence-electron chi connectivity index (χ2n) is 3.81. The van der Waals surface area contributed by atoms with Crippen LogP contribution in [0.25, 0.3) is 10.2 Å². The highest BCUT2D eigenvalue weighted by Crippen LogP contribution is 2.36. The second-order valence-corrected chi connectivity index (χ2v) is 6.14. The summed E-state index contributed by atoms with van der Waals surface area (Å²) in [6.07, 6.45) is 0. The number of nitrogens with two attached hydrogens (primary N) is 1. The van der Waals surface area contributed by atoms with E-state index in [2.05, 4.69) is 14.9 Å². The first-order valence-corrected chi connectivity index (χ1v) is 7.52. The summed E-state index contributed by atoms with van der Waals surface area (Å²) in [5, 5.41) is 5.87. The van der Waals surface area contributed by atoms with Gasteiger partial charge in [-0.15, -0.1) is 11.3 Å². The molecule has 0 amide bonds. The summed E-state index contributed by atoms with van der Waals surface area (Å²) < 4.78 is 7.40. The Hall–Kier alpha value is -0.600. The highest BCUT2D eigenvalue weighted by molar-refractivity contribution is 7.99. The quantitative estimate of drug-likeness (QED) is 0.677. The topological polar surface area (TPSA) is 64.3 Å². The van der Waals surface area contributed by atoms with E-state index < -0.39 is 0 Å². The molecule has 1 aliphatic heterocycles. The highest BCUT2D eigenvalue weighted by Gasteiger charge is 2.18. The van der Waals surface area contributed by atoms with E-state index >= 15 is 0 Å². The molecular formula is C10H11ClN4OS2. The molecule has 2 aromatic rings. The summed E-state index contributed by atoms with van der Waals surface area (Å²) in [4.78, 5) is 10.8. The van der Waals surface area contributed by atoms with E-state index in [9.17, 15) is 0 Å². The molecular weight excluding hydrogens is 292 g/mol. The maximum atomic E-state index is 5.98. The van der Waals surface area contributed by atoms with Crippen LogP contribution in [0.2, 0.25) is 5.28 Å². The fourth-order valence-electron chi connectivity index (χ4n) is 1.91. The van der Waals surface area contributed by atoms with Gasteiger partial charge < -0.3 is 9.64 Å². The Balaban J connectivity index is 2.10. The van der Waals surface area contributed by atoms with Crippen LogP contribution in [0.1, 0.15) is 0 Å². The number of hydrogen-bond donors (Lipinski definition) is 1. The predicted molar refractivity (Wildman–Crippen MR) is 75.5 cm³/mol. The first kappa shape index (κ1) is 12.4. The molecule has 0 bridgehead atoms. The molecule has 0 spiro atoms. The third-order valence-corrected chi connectivity index (χ3v) is 4.70. The van der Waals surface area contributed by atoms with E-state index in [1.54, 1.807) is 11.3 Å². The van der Waals surface area contributed by atoms with Crippen molar-refractivity contribution >= 4 is 50.9 Å². The van der Waals surface area contributed by atoms with Gasteiger partial charge >= 0.3 is 0 Å². The Morgan fingerprint density at radius 1 is 1.39 bits per heavy atom. The number of thiophene rings is 1. The molecule has 1 fully saturated rings. The molecule has 0 atom stereocenters. The van der Waals surface area contributed by atoms with Crippen LogP contribution in [0.4, 0.5) is 5.82 Å². The number of morpholine rings is 1. The van der Waals surface area contributed by atoms with E-state index in [-0.39, 0.29) is 5.28 Å². The molecule has 3 rings (SSSR count). The summed E-state index contributed by atoms with van der Waals surface area (Å²) in [6.45, 7) is 3.08. The van der Waals surface area contributed by atoms with Gasteiger partial charge in [0.2, 0.25) is 5.28 Å². The zero-order chi connectivity index (χ0) is 12.5. The Kier molecular flexibility index (Phi) is 3.58. The number of halogens is 1. The summed E-state index contributed by atoms with van der Waals surface area (Å²) in [7, 11) is 0. The molecule has 1 aliphatic rings. The minimum atomic E-state index is 0.273. The van der Waals surface area contributed by atoms with Crippen LogP contribution in [0.3, 0.4) is 0 Å². The lowest BCUT2D eigenvalue weighted by atomic mass is 10.3. The van der Waals surface area contributed by atoms with E-state index in [0.29, 0.717) is 13.2 Å². The van der Waals surface area contributed by atoms with Crippen LogP contribution in [0.5, 0.6) is 0 Å². The van der Waals surface area contributed by atoms with Gasteiger partial charge in [-0.05, 0) is 29.6 Å². The monoisotopic (exact) mass is 302 g/mol. The first-order chi connectivity index (χ1) is 8.78. The van der Waals surface area contributed by atoms with E-state index in [1.165, 1.54) is 11.9 Å². The smallest absolute Gasteiger partial charge is 0.224 e. The van der Waals surface area contributed by atoms with Crippen LogP contribution in [-0.4, -0.2) is 36.3 Å². The fourth-order valence-corrected chi connectivity index (χ4v) is 3.55. The number of rotatable bonds is 2. The average molecular weight is 303 g/mol. The molecule has 0 unspecified atom stereocenters. The first-order valence-electron chi connectivity index (χ1n) is 5.44. The van der Waals surface area contributed by atoms with Crippen molar-refractivity contribution in [3.05, 3.63) is 11.3 Å². The lowest BCUT2D eigenvalue weighted by Gasteiger charge is -2.28. The second kappa shape index (κ2) is 5.18. The maximum Gasteiger partial charge on any atom is 0.224 e. The average Bonchev–Trinajstić information content (AvgIpc) is 2.81. The molecule has 0 saturated carbocycles. The minimum Gasteiger partial charge on any atom is -0.378 e. The van der Waals surface area contributed by atoms with Gasteiger partial charge in [0, 0.05) is 13.1 Å². The molecule has 5 nitrogen and oxygen atoms in total. The number of anilines is 1. The minimum absolute atomic E-state index is 0.273. The van der Waals surface area contributed by atoms with E-state index in [4.69, 9.17) is 21.5 Å². The van der Waals surface area contributed by atoms with Gasteiger partial charge in [0.05, 0.1) is 27.6 Å². The predicted octanol–water partition coefficient (Wildman–Crippen LogP) is 2.15. The number of ether oxygens (including phenoxy) is 1. The molecule has 0 aliphatic carbocycles. The third-order valence-electron chi connectivity index (χ3n) is 2.73. The van der Waals surface area contributed by atoms with Crippen molar-refractivity contribution in [2.75, 3.05) is 31.2 Å². The third kappa shape index (κ3) is 2.28. The van der Waals surface area contributed by atoms with Gasteiger partial charge in [-0.25, -0.2) is 4.98 Å². The molecule has 0 aromatic carbocycles. The van der Waals surface area contributed by atoms with E-state index in [1.807, 2.05) is 6.07 Å². The molecule has 96 valence electrons. The van der Waals surface area contributed by atoms with E-state index in [0.717, 1.165) is 33.3 Å². The Morgan fingerprint density at radius 3 is 2.89 bits per heavy atom. The molecule has 1 saturated heterocycles. The largest absolute Gasteiger partial charge is 0.378 e. The fraction of sp³-hybridized carbons (Fsp3) is 0.400. The molecule has 8 heteroatoms. The van der Waals surface area contributed by atoms with Crippen molar-refractivity contribution in [2.45, 2.75) is 4.21 Å². The number of hydrogen-bond acceptors (Lipinski definition) is 7. The molecule has 3 heterocycles. The summed E-state index contributed by atoms with van der Waals surface area (Å²) in [6, 6.07) is 1.95. The van der Waals surface area contributed by atoms with Crippen molar-refractivity contribution in [1.29, 1.82) is 0 Å². The van der Waals surface area contributed by atoms with Crippen LogP contribution in [0.15, 0.2) is 10.3 Å².